The van der Waals surface area contributed by atoms with Gasteiger partial charge < -0.3 is 30.9 Å². The first kappa shape index (κ1) is 28.3. The highest BCUT2D eigenvalue weighted by atomic mass is 16.5. The van der Waals surface area contributed by atoms with E-state index in [0.717, 1.165) is 0 Å². The van der Waals surface area contributed by atoms with Gasteiger partial charge in [-0.3, -0.25) is 24.0 Å². The summed E-state index contributed by atoms with van der Waals surface area (Å²) in [7, 11) is 0. The minimum Gasteiger partial charge on any atom is -0.481 e. The van der Waals surface area contributed by atoms with Gasteiger partial charge in [-0.1, -0.05) is 20.8 Å². The fourth-order valence-electron chi connectivity index (χ4n) is 2.69. The third-order valence-corrected chi connectivity index (χ3v) is 4.22. The second-order valence-electron chi connectivity index (χ2n) is 9.41. The Bertz CT molecular complexity index is 694. The Labute approximate surface area is 182 Å². The molecule has 11 heteroatoms. The molecular formula is C20H35N3O8. The fourth-order valence-corrected chi connectivity index (χ4v) is 2.69. The summed E-state index contributed by atoms with van der Waals surface area (Å²) in [5.74, 6) is -6.39. The van der Waals surface area contributed by atoms with E-state index < -0.39 is 64.7 Å². The van der Waals surface area contributed by atoms with Crippen molar-refractivity contribution in [3.63, 3.8) is 0 Å². The van der Waals surface area contributed by atoms with Crippen molar-refractivity contribution >= 4 is 29.7 Å². The van der Waals surface area contributed by atoms with Crippen molar-refractivity contribution in [2.45, 2.75) is 79.1 Å². The van der Waals surface area contributed by atoms with Crippen LogP contribution in [0.5, 0.6) is 0 Å². The number of aliphatic carboxylic acids is 2. The van der Waals surface area contributed by atoms with E-state index in [1.165, 1.54) is 13.8 Å². The van der Waals surface area contributed by atoms with E-state index in [-0.39, 0.29) is 6.61 Å². The summed E-state index contributed by atoms with van der Waals surface area (Å²) < 4.78 is 5.56. The molecule has 0 heterocycles. The summed E-state index contributed by atoms with van der Waals surface area (Å²) >= 11 is 0. The Kier molecular flexibility index (Phi) is 10.1. The maximum Gasteiger partial charge on any atom is 0.325 e. The molecule has 0 fully saturated rings. The molecule has 0 rings (SSSR count). The molecule has 0 aliphatic carbocycles. The number of rotatable bonds is 10. The number of carbonyl (C=O) groups excluding carboxylic acids is 3. The molecule has 4 atom stereocenters. The highest BCUT2D eigenvalue weighted by Gasteiger charge is 2.44. The lowest BCUT2D eigenvalue weighted by atomic mass is 9.75. The molecule has 31 heavy (non-hydrogen) atoms. The number of carboxylic acid groups (broad SMARTS) is 2. The predicted octanol–water partition coefficient (Wildman–Crippen LogP) is 0.127. The SMILES string of the molecule is CC(=O)N[C@@H](COC(C)(C)C)C(=O)N[C@H](C(=O)N[C@@H](C)C(=O)O)C(C(=O)O)C(C)(C)C. The van der Waals surface area contributed by atoms with E-state index in [1.54, 1.807) is 41.5 Å². The first-order chi connectivity index (χ1) is 13.9. The van der Waals surface area contributed by atoms with Crippen LogP contribution >= 0.6 is 0 Å². The third-order valence-electron chi connectivity index (χ3n) is 4.22. The van der Waals surface area contributed by atoms with E-state index in [0.29, 0.717) is 0 Å². The van der Waals surface area contributed by atoms with Crippen molar-refractivity contribution < 1.29 is 38.9 Å². The lowest BCUT2D eigenvalue weighted by Gasteiger charge is -2.35. The van der Waals surface area contributed by atoms with Gasteiger partial charge in [-0.15, -0.1) is 0 Å². The smallest absolute Gasteiger partial charge is 0.325 e. The number of hydrogen-bond acceptors (Lipinski definition) is 6. The zero-order chi connectivity index (χ0) is 24.7. The van der Waals surface area contributed by atoms with Gasteiger partial charge in [0.05, 0.1) is 18.1 Å². The highest BCUT2D eigenvalue weighted by Crippen LogP contribution is 2.29. The molecule has 178 valence electrons. The average Bonchev–Trinajstić information content (AvgIpc) is 2.54. The lowest BCUT2D eigenvalue weighted by Crippen LogP contribution is -2.61. The van der Waals surface area contributed by atoms with Crippen LogP contribution in [0, 0.1) is 11.3 Å². The summed E-state index contributed by atoms with van der Waals surface area (Å²) in [6, 6.07) is -4.10. The van der Waals surface area contributed by atoms with E-state index in [9.17, 15) is 29.1 Å². The quantitative estimate of drug-likeness (QED) is 0.316. The number of hydrogen-bond donors (Lipinski definition) is 5. The molecular weight excluding hydrogens is 410 g/mol. The van der Waals surface area contributed by atoms with Crippen molar-refractivity contribution in [2.24, 2.45) is 11.3 Å². The molecule has 0 saturated carbocycles. The molecule has 0 aromatic heterocycles. The molecule has 0 bridgehead atoms. The van der Waals surface area contributed by atoms with Gasteiger partial charge in [0, 0.05) is 6.92 Å². The van der Waals surface area contributed by atoms with Gasteiger partial charge in [0.2, 0.25) is 17.7 Å². The van der Waals surface area contributed by atoms with Crippen LogP contribution in [0.2, 0.25) is 0 Å². The minimum atomic E-state index is -1.60. The van der Waals surface area contributed by atoms with Gasteiger partial charge in [-0.25, -0.2) is 0 Å². The van der Waals surface area contributed by atoms with Gasteiger partial charge in [0.1, 0.15) is 18.1 Å². The zero-order valence-electron chi connectivity index (χ0n) is 19.4. The number of ether oxygens (including phenoxy) is 1. The Morgan fingerprint density at radius 3 is 1.71 bits per heavy atom. The first-order valence-electron chi connectivity index (χ1n) is 9.84. The van der Waals surface area contributed by atoms with Crippen molar-refractivity contribution in [1.29, 1.82) is 0 Å². The van der Waals surface area contributed by atoms with E-state index >= 15 is 0 Å². The Hall–Kier alpha value is -2.69. The Morgan fingerprint density at radius 1 is 0.839 bits per heavy atom. The summed E-state index contributed by atoms with van der Waals surface area (Å²) in [6.45, 7) is 12.2. The predicted molar refractivity (Wildman–Crippen MR) is 111 cm³/mol. The van der Waals surface area contributed by atoms with E-state index in [4.69, 9.17) is 9.84 Å². The molecule has 0 spiro atoms. The summed E-state index contributed by atoms with van der Waals surface area (Å²) in [5.41, 5.74) is -1.60. The second kappa shape index (κ2) is 11.1. The van der Waals surface area contributed by atoms with Crippen LogP contribution in [-0.2, 0) is 28.7 Å². The van der Waals surface area contributed by atoms with Gasteiger partial charge in [-0.05, 0) is 33.1 Å². The first-order valence-corrected chi connectivity index (χ1v) is 9.84. The van der Waals surface area contributed by atoms with Crippen molar-refractivity contribution in [3.05, 3.63) is 0 Å². The molecule has 11 nitrogen and oxygen atoms in total. The van der Waals surface area contributed by atoms with Crippen molar-refractivity contribution in [3.8, 4) is 0 Å². The molecule has 3 amide bonds. The molecule has 0 aromatic rings. The monoisotopic (exact) mass is 445 g/mol. The number of carbonyl (C=O) groups is 5. The number of carboxylic acids is 2. The van der Waals surface area contributed by atoms with Gasteiger partial charge in [0.15, 0.2) is 0 Å². The number of amides is 3. The minimum absolute atomic E-state index is 0.220. The van der Waals surface area contributed by atoms with Crippen LogP contribution in [0.25, 0.3) is 0 Å². The van der Waals surface area contributed by atoms with Crippen LogP contribution in [0.15, 0.2) is 0 Å². The van der Waals surface area contributed by atoms with Crippen LogP contribution in [0.3, 0.4) is 0 Å². The maximum atomic E-state index is 12.9. The second-order valence-corrected chi connectivity index (χ2v) is 9.41. The summed E-state index contributed by atoms with van der Waals surface area (Å²) in [5, 5.41) is 25.8. The standard InChI is InChI=1S/C20H35N3O8/c1-10(17(27)28)21-16(26)14(13(18(29)30)19(3,4)5)23-15(25)12(22-11(2)24)9-31-20(6,7)8/h10,12-14H,9H2,1-8H3,(H,21,26)(H,22,24)(H,23,25)(H,27,28)(H,29,30)/t10-,12-,13?,14-/m0/s1. The van der Waals surface area contributed by atoms with Crippen molar-refractivity contribution in [2.75, 3.05) is 6.61 Å². The fraction of sp³-hybridized carbons (Fsp3) is 0.750. The van der Waals surface area contributed by atoms with Gasteiger partial charge in [0.25, 0.3) is 0 Å². The van der Waals surface area contributed by atoms with Crippen LogP contribution in [-0.4, -0.2) is 70.2 Å². The number of nitrogens with one attached hydrogen (secondary N) is 3. The largest absolute Gasteiger partial charge is 0.481 e. The molecule has 0 aliphatic rings. The normalized spacial score (nSPS) is 15.7. The summed E-state index contributed by atoms with van der Waals surface area (Å²) in [6.07, 6.45) is 0. The molecule has 0 aromatic carbocycles. The maximum absolute atomic E-state index is 12.9. The molecule has 5 N–H and O–H groups in total. The lowest BCUT2D eigenvalue weighted by molar-refractivity contribution is -0.151. The third kappa shape index (κ3) is 10.3. The van der Waals surface area contributed by atoms with Crippen molar-refractivity contribution in [1.82, 2.24) is 16.0 Å². The molecule has 0 aliphatic heterocycles. The van der Waals surface area contributed by atoms with E-state index in [2.05, 4.69) is 16.0 Å². The molecule has 0 saturated heterocycles. The van der Waals surface area contributed by atoms with Crippen LogP contribution < -0.4 is 16.0 Å². The van der Waals surface area contributed by atoms with Gasteiger partial charge >= 0.3 is 11.9 Å². The molecule has 1 unspecified atom stereocenters. The van der Waals surface area contributed by atoms with Crippen LogP contribution in [0.1, 0.15) is 55.4 Å². The molecule has 0 radical (unpaired) electrons. The average molecular weight is 446 g/mol. The van der Waals surface area contributed by atoms with E-state index in [1.807, 2.05) is 0 Å². The highest BCUT2D eigenvalue weighted by molar-refractivity contribution is 5.95. The summed E-state index contributed by atoms with van der Waals surface area (Å²) in [4.78, 5) is 60.3. The Balaban J connectivity index is 5.95. The van der Waals surface area contributed by atoms with Crippen LogP contribution in [0.4, 0.5) is 0 Å². The topological polar surface area (TPSA) is 171 Å². The van der Waals surface area contributed by atoms with Gasteiger partial charge in [-0.2, -0.15) is 0 Å². The zero-order valence-corrected chi connectivity index (χ0v) is 19.4. The Morgan fingerprint density at radius 2 is 1.35 bits per heavy atom.